The van der Waals surface area contributed by atoms with E-state index in [1.54, 1.807) is 0 Å². The molecule has 0 aliphatic heterocycles. The molecule has 0 saturated carbocycles. The van der Waals surface area contributed by atoms with Gasteiger partial charge in [-0.25, -0.2) is 0 Å². The van der Waals surface area contributed by atoms with Crippen LogP contribution < -0.4 is 10.1 Å². The summed E-state index contributed by atoms with van der Waals surface area (Å²) in [5, 5.41) is 3.40. The van der Waals surface area contributed by atoms with Gasteiger partial charge in [-0.3, -0.25) is 0 Å². The van der Waals surface area contributed by atoms with Crippen molar-refractivity contribution in [1.29, 1.82) is 0 Å². The van der Waals surface area contributed by atoms with Crippen molar-refractivity contribution in [3.8, 4) is 5.75 Å². The highest BCUT2D eigenvalue weighted by Crippen LogP contribution is 2.23. The van der Waals surface area contributed by atoms with Crippen LogP contribution in [0.4, 0.5) is 0 Å². The highest BCUT2D eigenvalue weighted by atomic mass is 79.9. The van der Waals surface area contributed by atoms with E-state index in [0.717, 1.165) is 56.0 Å². The van der Waals surface area contributed by atoms with Crippen LogP contribution in [0.5, 0.6) is 5.75 Å². The van der Waals surface area contributed by atoms with Crippen molar-refractivity contribution in [2.24, 2.45) is 0 Å². The van der Waals surface area contributed by atoms with Crippen LogP contribution in [0, 0.1) is 0 Å². The molecule has 0 aromatic heterocycles. The zero-order valence-corrected chi connectivity index (χ0v) is 14.2. The first-order valence-electron chi connectivity index (χ1n) is 7.47. The molecule has 0 spiro atoms. The Hall–Kier alpha value is -0.580. The fourth-order valence-electron chi connectivity index (χ4n) is 1.75. The largest absolute Gasteiger partial charge is 0.493 e. The Bertz CT molecular complexity index is 371. The van der Waals surface area contributed by atoms with Crippen molar-refractivity contribution in [3.63, 3.8) is 0 Å². The molecule has 1 aromatic carbocycles. The summed E-state index contributed by atoms with van der Waals surface area (Å²) in [6, 6.07) is 6.15. The first kappa shape index (κ1) is 17.5. The Morgan fingerprint density at radius 2 is 1.95 bits per heavy atom. The van der Waals surface area contributed by atoms with Crippen molar-refractivity contribution in [2.75, 3.05) is 26.4 Å². The van der Waals surface area contributed by atoms with E-state index in [2.05, 4.69) is 41.2 Å². The molecule has 1 rings (SSSR count). The number of hydrogen-bond donors (Lipinski definition) is 1. The number of rotatable bonds is 11. The molecular weight excluding hydrogens is 318 g/mol. The fraction of sp³-hybridized carbons (Fsp3) is 0.625. The van der Waals surface area contributed by atoms with E-state index in [-0.39, 0.29) is 0 Å². The van der Waals surface area contributed by atoms with E-state index in [1.807, 2.05) is 12.1 Å². The zero-order valence-electron chi connectivity index (χ0n) is 12.6. The first-order valence-corrected chi connectivity index (χ1v) is 8.27. The minimum atomic E-state index is 0.759. The molecule has 0 atom stereocenters. The van der Waals surface area contributed by atoms with E-state index < -0.39 is 0 Å². The summed E-state index contributed by atoms with van der Waals surface area (Å²) < 4.78 is 12.4. The molecule has 0 radical (unpaired) electrons. The second-order valence-electron chi connectivity index (χ2n) is 4.74. The number of halogens is 1. The van der Waals surface area contributed by atoms with Gasteiger partial charge in [0.1, 0.15) is 5.75 Å². The lowest BCUT2D eigenvalue weighted by Crippen LogP contribution is -2.20. The van der Waals surface area contributed by atoms with Crippen LogP contribution in [0.15, 0.2) is 22.7 Å². The maximum absolute atomic E-state index is 5.76. The van der Waals surface area contributed by atoms with E-state index in [9.17, 15) is 0 Å². The van der Waals surface area contributed by atoms with Crippen LogP contribution in [-0.2, 0) is 11.3 Å². The highest BCUT2D eigenvalue weighted by Gasteiger charge is 2.04. The Kier molecular flexibility index (Phi) is 9.71. The summed E-state index contributed by atoms with van der Waals surface area (Å²) >= 11 is 3.51. The van der Waals surface area contributed by atoms with Crippen LogP contribution >= 0.6 is 15.9 Å². The van der Waals surface area contributed by atoms with Gasteiger partial charge < -0.3 is 14.8 Å². The van der Waals surface area contributed by atoms with Gasteiger partial charge in [-0.05, 0) is 31.0 Å². The molecule has 0 heterocycles. The minimum absolute atomic E-state index is 0.759. The Morgan fingerprint density at radius 3 is 2.70 bits per heavy atom. The molecular formula is C16H26BrNO2. The standard InChI is InChI=1S/C16H26BrNO2/c1-3-5-10-19-11-8-18-13-14-12-15(17)6-7-16(14)20-9-4-2/h6-7,12,18H,3-5,8-11,13H2,1-2H3. The van der Waals surface area contributed by atoms with E-state index in [1.165, 1.54) is 12.0 Å². The Labute approximate surface area is 131 Å². The van der Waals surface area contributed by atoms with Gasteiger partial charge in [0.2, 0.25) is 0 Å². The summed E-state index contributed by atoms with van der Waals surface area (Å²) in [6.07, 6.45) is 3.35. The van der Waals surface area contributed by atoms with Crippen molar-refractivity contribution >= 4 is 15.9 Å². The molecule has 114 valence electrons. The third kappa shape index (κ3) is 7.27. The third-order valence-corrected chi connectivity index (χ3v) is 3.36. The number of hydrogen-bond acceptors (Lipinski definition) is 3. The molecule has 0 saturated heterocycles. The monoisotopic (exact) mass is 343 g/mol. The Morgan fingerprint density at radius 1 is 1.10 bits per heavy atom. The lowest BCUT2D eigenvalue weighted by molar-refractivity contribution is 0.133. The van der Waals surface area contributed by atoms with Crippen LogP contribution in [0.3, 0.4) is 0 Å². The summed E-state index contributed by atoms with van der Waals surface area (Å²) in [7, 11) is 0. The van der Waals surface area contributed by atoms with Gasteiger partial charge in [0.15, 0.2) is 0 Å². The average Bonchev–Trinajstić information content (AvgIpc) is 2.45. The second kappa shape index (κ2) is 11.1. The summed E-state index contributed by atoms with van der Waals surface area (Å²) in [5.74, 6) is 0.967. The number of ether oxygens (including phenoxy) is 2. The van der Waals surface area contributed by atoms with Gasteiger partial charge in [0, 0.05) is 29.7 Å². The zero-order chi connectivity index (χ0) is 14.6. The van der Waals surface area contributed by atoms with Gasteiger partial charge in [-0.2, -0.15) is 0 Å². The lowest BCUT2D eigenvalue weighted by atomic mass is 10.2. The molecule has 0 aliphatic carbocycles. The van der Waals surface area contributed by atoms with Gasteiger partial charge >= 0.3 is 0 Å². The van der Waals surface area contributed by atoms with Gasteiger partial charge in [-0.15, -0.1) is 0 Å². The molecule has 3 nitrogen and oxygen atoms in total. The first-order chi connectivity index (χ1) is 9.77. The molecule has 0 amide bonds. The van der Waals surface area contributed by atoms with Crippen molar-refractivity contribution in [3.05, 3.63) is 28.2 Å². The van der Waals surface area contributed by atoms with Gasteiger partial charge in [0.05, 0.1) is 13.2 Å². The summed E-state index contributed by atoms with van der Waals surface area (Å²) in [6.45, 7) is 8.34. The molecule has 1 N–H and O–H groups in total. The normalized spacial score (nSPS) is 10.8. The summed E-state index contributed by atoms with van der Waals surface area (Å²) in [4.78, 5) is 0. The molecule has 1 aromatic rings. The number of unbranched alkanes of at least 4 members (excludes halogenated alkanes) is 1. The van der Waals surface area contributed by atoms with Crippen molar-refractivity contribution in [1.82, 2.24) is 5.32 Å². The van der Waals surface area contributed by atoms with E-state index >= 15 is 0 Å². The fourth-order valence-corrected chi connectivity index (χ4v) is 2.16. The highest BCUT2D eigenvalue weighted by molar-refractivity contribution is 9.10. The Balaban J connectivity index is 2.32. The molecule has 20 heavy (non-hydrogen) atoms. The number of nitrogens with one attached hydrogen (secondary N) is 1. The smallest absolute Gasteiger partial charge is 0.123 e. The van der Waals surface area contributed by atoms with Crippen molar-refractivity contribution in [2.45, 2.75) is 39.7 Å². The van der Waals surface area contributed by atoms with Crippen molar-refractivity contribution < 1.29 is 9.47 Å². The molecule has 0 bridgehead atoms. The quantitative estimate of drug-likeness (QED) is 0.612. The lowest BCUT2D eigenvalue weighted by Gasteiger charge is -2.12. The van der Waals surface area contributed by atoms with Gasteiger partial charge in [-0.1, -0.05) is 36.2 Å². The van der Waals surface area contributed by atoms with Gasteiger partial charge in [0.25, 0.3) is 0 Å². The predicted molar refractivity (Wildman–Crippen MR) is 87.4 cm³/mol. The topological polar surface area (TPSA) is 30.5 Å². The molecule has 0 aliphatic rings. The second-order valence-corrected chi connectivity index (χ2v) is 5.66. The minimum Gasteiger partial charge on any atom is -0.493 e. The van der Waals surface area contributed by atoms with Crippen LogP contribution in [0.1, 0.15) is 38.7 Å². The van der Waals surface area contributed by atoms with E-state index in [4.69, 9.17) is 9.47 Å². The predicted octanol–water partition coefficient (Wildman–Crippen LogP) is 4.14. The van der Waals surface area contributed by atoms with E-state index in [0.29, 0.717) is 0 Å². The van der Waals surface area contributed by atoms with Crippen LogP contribution in [-0.4, -0.2) is 26.4 Å². The molecule has 0 unspecified atom stereocenters. The average molecular weight is 344 g/mol. The molecule has 4 heteroatoms. The summed E-state index contributed by atoms with van der Waals surface area (Å²) in [5.41, 5.74) is 1.18. The SMILES string of the molecule is CCCCOCCNCc1cc(Br)ccc1OCCC. The number of benzene rings is 1. The molecule has 0 fully saturated rings. The maximum Gasteiger partial charge on any atom is 0.123 e. The van der Waals surface area contributed by atoms with Crippen LogP contribution in [0.2, 0.25) is 0 Å². The maximum atomic E-state index is 5.76. The van der Waals surface area contributed by atoms with Crippen LogP contribution in [0.25, 0.3) is 0 Å². The third-order valence-electron chi connectivity index (χ3n) is 2.87.